The van der Waals surface area contributed by atoms with Crippen LogP contribution in [0.4, 0.5) is 0 Å². The normalized spacial score (nSPS) is 11.0. The van der Waals surface area contributed by atoms with Crippen LogP contribution in [0.1, 0.15) is 24.6 Å². The fraction of sp³-hybridized carbons (Fsp3) is 0.300. The van der Waals surface area contributed by atoms with Crippen molar-refractivity contribution in [2.75, 3.05) is 13.6 Å². The second kappa shape index (κ2) is 7.34. The molecule has 2 aromatic heterocycles. The summed E-state index contributed by atoms with van der Waals surface area (Å²) >= 11 is 0. The molecule has 0 fully saturated rings. The highest BCUT2D eigenvalue weighted by atomic mass is 14.8. The minimum Gasteiger partial charge on any atom is -0.320 e. The number of nitrogens with zero attached hydrogens (tertiary/aromatic N) is 2. The van der Waals surface area contributed by atoms with Gasteiger partial charge >= 0.3 is 0 Å². The van der Waals surface area contributed by atoms with Crippen molar-refractivity contribution >= 4 is 10.9 Å². The molecule has 0 radical (unpaired) electrons. The number of aromatic nitrogens is 2. The number of benzene rings is 1. The molecule has 0 unspecified atom stereocenters. The Morgan fingerprint density at radius 1 is 1.04 bits per heavy atom. The van der Waals surface area contributed by atoms with Gasteiger partial charge in [0.05, 0.1) is 11.2 Å². The van der Waals surface area contributed by atoms with E-state index >= 15 is 0 Å². The van der Waals surface area contributed by atoms with Crippen molar-refractivity contribution in [3.63, 3.8) is 0 Å². The third-order valence-electron chi connectivity index (χ3n) is 4.14. The highest BCUT2D eigenvalue weighted by Gasteiger charge is 2.04. The Morgan fingerprint density at radius 2 is 1.91 bits per heavy atom. The van der Waals surface area contributed by atoms with Crippen molar-refractivity contribution in [2.45, 2.75) is 26.2 Å². The topological polar surface area (TPSA) is 37.8 Å². The first-order valence-electron chi connectivity index (χ1n) is 8.29. The first kappa shape index (κ1) is 15.6. The van der Waals surface area contributed by atoms with Gasteiger partial charge in [0.25, 0.3) is 0 Å². The first-order chi connectivity index (χ1) is 11.3. The van der Waals surface area contributed by atoms with E-state index in [2.05, 4.69) is 59.7 Å². The number of hydrogen-bond acceptors (Lipinski definition) is 3. The Labute approximate surface area is 137 Å². The van der Waals surface area contributed by atoms with Crippen molar-refractivity contribution < 1.29 is 0 Å². The monoisotopic (exact) mass is 305 g/mol. The van der Waals surface area contributed by atoms with Crippen molar-refractivity contribution in [3.05, 3.63) is 59.9 Å². The van der Waals surface area contributed by atoms with Gasteiger partial charge in [-0.3, -0.25) is 4.98 Å². The van der Waals surface area contributed by atoms with Crippen LogP contribution in [0, 0.1) is 0 Å². The Bertz CT molecular complexity index is 778. The number of aryl methyl sites for hydroxylation is 2. The maximum absolute atomic E-state index is 4.81. The van der Waals surface area contributed by atoms with Crippen LogP contribution in [0.5, 0.6) is 0 Å². The third kappa shape index (κ3) is 3.74. The first-order valence-corrected chi connectivity index (χ1v) is 8.29. The van der Waals surface area contributed by atoms with Gasteiger partial charge in [-0.05, 0) is 62.7 Å². The minimum absolute atomic E-state index is 0.986. The van der Waals surface area contributed by atoms with Crippen LogP contribution in [-0.2, 0) is 12.8 Å². The van der Waals surface area contributed by atoms with E-state index in [4.69, 9.17) is 4.98 Å². The highest BCUT2D eigenvalue weighted by molar-refractivity contribution is 5.82. The summed E-state index contributed by atoms with van der Waals surface area (Å²) in [6.45, 7) is 3.19. The smallest absolute Gasteiger partial charge is 0.0725 e. The van der Waals surface area contributed by atoms with E-state index in [1.165, 1.54) is 10.9 Å². The Hall–Kier alpha value is -2.26. The summed E-state index contributed by atoms with van der Waals surface area (Å²) in [6, 6.07) is 14.9. The van der Waals surface area contributed by atoms with E-state index in [1.54, 1.807) is 0 Å². The molecule has 0 atom stereocenters. The Balaban J connectivity index is 1.84. The molecule has 3 rings (SSSR count). The maximum atomic E-state index is 4.81. The number of hydrogen-bond donors (Lipinski definition) is 1. The largest absolute Gasteiger partial charge is 0.320 e. The Kier molecular flexibility index (Phi) is 4.99. The van der Waals surface area contributed by atoms with Crippen molar-refractivity contribution in [2.24, 2.45) is 0 Å². The summed E-state index contributed by atoms with van der Waals surface area (Å²) in [5.74, 6) is 0. The Morgan fingerprint density at radius 3 is 2.65 bits per heavy atom. The van der Waals surface area contributed by atoms with Crippen LogP contribution in [0.25, 0.3) is 22.2 Å². The molecule has 1 N–H and O–H groups in total. The molecule has 1 aromatic carbocycles. The van der Waals surface area contributed by atoms with E-state index in [0.717, 1.165) is 48.3 Å². The summed E-state index contributed by atoms with van der Waals surface area (Å²) in [5.41, 5.74) is 5.57. The average molecular weight is 305 g/mol. The number of fused-ring (bicyclic) bond motifs is 1. The predicted molar refractivity (Wildman–Crippen MR) is 96.6 cm³/mol. The van der Waals surface area contributed by atoms with E-state index in [9.17, 15) is 0 Å². The summed E-state index contributed by atoms with van der Waals surface area (Å²) in [6.07, 6.45) is 5.08. The lowest BCUT2D eigenvalue weighted by Gasteiger charge is -2.06. The molecule has 2 heterocycles. The van der Waals surface area contributed by atoms with Gasteiger partial charge in [-0.2, -0.15) is 0 Å². The summed E-state index contributed by atoms with van der Waals surface area (Å²) in [4.78, 5) is 9.38. The SMILES string of the molecule is CCc1ccc2ccc(-c3ccc(CCCNC)nc3)nc2c1. The van der Waals surface area contributed by atoms with Crippen LogP contribution >= 0.6 is 0 Å². The number of pyridine rings is 2. The zero-order valence-corrected chi connectivity index (χ0v) is 13.8. The van der Waals surface area contributed by atoms with Crippen molar-refractivity contribution in [3.8, 4) is 11.3 Å². The van der Waals surface area contributed by atoms with Gasteiger partial charge in [-0.1, -0.05) is 25.1 Å². The second-order valence-corrected chi connectivity index (χ2v) is 5.82. The molecule has 0 spiro atoms. The van der Waals surface area contributed by atoms with Crippen LogP contribution in [-0.4, -0.2) is 23.6 Å². The molecular formula is C20H23N3. The van der Waals surface area contributed by atoms with Gasteiger partial charge < -0.3 is 5.32 Å². The fourth-order valence-electron chi connectivity index (χ4n) is 2.71. The average Bonchev–Trinajstić information content (AvgIpc) is 2.61. The summed E-state index contributed by atoms with van der Waals surface area (Å²) in [5, 5.41) is 4.35. The predicted octanol–water partition coefficient (Wildman–Crippen LogP) is 4.01. The van der Waals surface area contributed by atoms with Gasteiger partial charge in [0.1, 0.15) is 0 Å². The zero-order valence-electron chi connectivity index (χ0n) is 13.8. The van der Waals surface area contributed by atoms with E-state index in [1.807, 2.05) is 13.2 Å². The van der Waals surface area contributed by atoms with Crippen LogP contribution < -0.4 is 5.32 Å². The molecule has 0 aliphatic rings. The van der Waals surface area contributed by atoms with Gasteiger partial charge in [0, 0.05) is 22.8 Å². The molecule has 0 bridgehead atoms. The molecule has 0 aliphatic heterocycles. The van der Waals surface area contributed by atoms with Crippen LogP contribution in [0.2, 0.25) is 0 Å². The lowest BCUT2D eigenvalue weighted by Crippen LogP contribution is -2.08. The third-order valence-corrected chi connectivity index (χ3v) is 4.14. The molecule has 3 aromatic rings. The fourth-order valence-corrected chi connectivity index (χ4v) is 2.71. The highest BCUT2D eigenvalue weighted by Crippen LogP contribution is 2.21. The van der Waals surface area contributed by atoms with Gasteiger partial charge in [0.2, 0.25) is 0 Å². The standard InChI is InChI=1S/C20H23N3/c1-3-15-6-7-16-9-11-19(23-20(16)13-15)17-8-10-18(22-14-17)5-4-12-21-2/h6-11,13-14,21H,3-5,12H2,1-2H3. The van der Waals surface area contributed by atoms with Gasteiger partial charge in [-0.25, -0.2) is 4.98 Å². The molecule has 0 saturated heterocycles. The molecule has 0 saturated carbocycles. The molecule has 118 valence electrons. The van der Waals surface area contributed by atoms with E-state index in [0.29, 0.717) is 0 Å². The maximum Gasteiger partial charge on any atom is 0.0725 e. The molecule has 3 nitrogen and oxygen atoms in total. The van der Waals surface area contributed by atoms with E-state index < -0.39 is 0 Å². The molecule has 0 aliphatic carbocycles. The number of rotatable bonds is 6. The summed E-state index contributed by atoms with van der Waals surface area (Å²) in [7, 11) is 1.98. The van der Waals surface area contributed by atoms with E-state index in [-0.39, 0.29) is 0 Å². The minimum atomic E-state index is 0.986. The quantitative estimate of drug-likeness (QED) is 0.699. The number of nitrogens with one attached hydrogen (secondary N) is 1. The summed E-state index contributed by atoms with van der Waals surface area (Å²) < 4.78 is 0. The lowest BCUT2D eigenvalue weighted by atomic mass is 10.1. The van der Waals surface area contributed by atoms with Crippen LogP contribution in [0.3, 0.4) is 0 Å². The van der Waals surface area contributed by atoms with Gasteiger partial charge in [-0.15, -0.1) is 0 Å². The molecule has 0 amide bonds. The molecular weight excluding hydrogens is 282 g/mol. The lowest BCUT2D eigenvalue weighted by molar-refractivity contribution is 0.715. The van der Waals surface area contributed by atoms with Crippen LogP contribution in [0.15, 0.2) is 48.7 Å². The zero-order chi connectivity index (χ0) is 16.1. The van der Waals surface area contributed by atoms with Crippen molar-refractivity contribution in [1.29, 1.82) is 0 Å². The van der Waals surface area contributed by atoms with Gasteiger partial charge in [0.15, 0.2) is 0 Å². The van der Waals surface area contributed by atoms with Crippen molar-refractivity contribution in [1.82, 2.24) is 15.3 Å². The molecule has 3 heteroatoms. The second-order valence-electron chi connectivity index (χ2n) is 5.82. The molecule has 23 heavy (non-hydrogen) atoms.